The fourth-order valence-corrected chi connectivity index (χ4v) is 1.82. The molecule has 0 saturated carbocycles. The first-order chi connectivity index (χ1) is 14.0. The molecule has 0 bridgehead atoms. The lowest BCUT2D eigenvalue weighted by Crippen LogP contribution is -2.21. The third-order valence-corrected chi connectivity index (χ3v) is 3.20. The number of esters is 2. The number of carbonyl (C=O) groups is 2. The molecule has 0 aromatic rings. The van der Waals surface area contributed by atoms with Gasteiger partial charge in [-0.25, -0.2) is 0 Å². The van der Waals surface area contributed by atoms with Gasteiger partial charge < -0.3 is 19.7 Å². The number of carbonyl (C=O) groups excluding carboxylic acids is 2. The standard InChI is InChI=1S/C23H30O6/c1-3-4-5-6-7-8-9-12-15-22(29-20(2)25)16-13-10-11-14-17-23(27)28-19-21(26)18-24/h4-5,7-8,15,21,24,26H,3,6,9,12,14,17-19H2,1-2H3/b5-4-,8-7-,22-15?/t21-/m0/s1. The van der Waals surface area contributed by atoms with Crippen LogP contribution in [0.5, 0.6) is 0 Å². The molecule has 0 aliphatic carbocycles. The summed E-state index contributed by atoms with van der Waals surface area (Å²) in [6.07, 6.45) is 12.8. The van der Waals surface area contributed by atoms with Crippen molar-refractivity contribution in [1.82, 2.24) is 0 Å². The number of allylic oxidation sites excluding steroid dienone is 6. The van der Waals surface area contributed by atoms with Crippen LogP contribution in [0.25, 0.3) is 0 Å². The van der Waals surface area contributed by atoms with Crippen molar-refractivity contribution in [2.75, 3.05) is 13.2 Å². The van der Waals surface area contributed by atoms with Gasteiger partial charge in [-0.3, -0.25) is 9.59 Å². The van der Waals surface area contributed by atoms with Crippen LogP contribution in [-0.2, 0) is 19.1 Å². The first-order valence-electron chi connectivity index (χ1n) is 9.61. The molecule has 6 nitrogen and oxygen atoms in total. The molecule has 0 rings (SSSR count). The summed E-state index contributed by atoms with van der Waals surface area (Å²) in [4.78, 5) is 22.5. The van der Waals surface area contributed by atoms with Crippen LogP contribution in [0.1, 0.15) is 52.4 Å². The number of hydrogen-bond donors (Lipinski definition) is 2. The zero-order valence-corrected chi connectivity index (χ0v) is 17.1. The molecule has 0 aromatic heterocycles. The number of unbranched alkanes of at least 4 members (excludes halogenated alkanes) is 1. The van der Waals surface area contributed by atoms with Crippen LogP contribution in [0.4, 0.5) is 0 Å². The van der Waals surface area contributed by atoms with Crippen LogP contribution in [0, 0.1) is 23.7 Å². The van der Waals surface area contributed by atoms with Crippen molar-refractivity contribution in [2.45, 2.75) is 58.5 Å². The van der Waals surface area contributed by atoms with E-state index in [1.807, 2.05) is 0 Å². The van der Waals surface area contributed by atoms with Gasteiger partial charge in [0.15, 0.2) is 5.76 Å². The summed E-state index contributed by atoms with van der Waals surface area (Å²) < 4.78 is 9.79. The van der Waals surface area contributed by atoms with Crippen LogP contribution in [-0.4, -0.2) is 41.5 Å². The molecule has 6 heteroatoms. The summed E-state index contributed by atoms with van der Waals surface area (Å²) >= 11 is 0. The highest BCUT2D eigenvalue weighted by molar-refractivity contribution is 5.69. The minimum Gasteiger partial charge on any atom is -0.463 e. The first kappa shape index (κ1) is 26.2. The molecule has 0 fully saturated rings. The van der Waals surface area contributed by atoms with E-state index in [-0.39, 0.29) is 25.2 Å². The van der Waals surface area contributed by atoms with E-state index in [2.05, 4.69) is 54.9 Å². The lowest BCUT2D eigenvalue weighted by Gasteiger charge is -2.07. The Kier molecular flexibility index (Phi) is 16.8. The minimum atomic E-state index is -1.07. The predicted molar refractivity (Wildman–Crippen MR) is 111 cm³/mol. The number of aliphatic hydroxyl groups is 2. The third kappa shape index (κ3) is 18.3. The van der Waals surface area contributed by atoms with Crippen LogP contribution >= 0.6 is 0 Å². The van der Waals surface area contributed by atoms with Gasteiger partial charge in [0.25, 0.3) is 0 Å². The van der Waals surface area contributed by atoms with E-state index < -0.39 is 24.6 Å². The van der Waals surface area contributed by atoms with E-state index in [4.69, 9.17) is 19.7 Å². The molecule has 0 saturated heterocycles. The van der Waals surface area contributed by atoms with E-state index in [0.717, 1.165) is 19.3 Å². The molecule has 0 amide bonds. The molecule has 29 heavy (non-hydrogen) atoms. The van der Waals surface area contributed by atoms with Crippen LogP contribution in [0.2, 0.25) is 0 Å². The predicted octanol–water partition coefficient (Wildman–Crippen LogP) is 2.81. The molecule has 0 heterocycles. The maximum absolute atomic E-state index is 11.4. The van der Waals surface area contributed by atoms with Crippen LogP contribution < -0.4 is 0 Å². The molecule has 0 unspecified atom stereocenters. The zero-order valence-electron chi connectivity index (χ0n) is 17.1. The van der Waals surface area contributed by atoms with Crippen molar-refractivity contribution in [3.63, 3.8) is 0 Å². The van der Waals surface area contributed by atoms with Crippen molar-refractivity contribution in [2.24, 2.45) is 0 Å². The molecule has 0 spiro atoms. The summed E-state index contributed by atoms with van der Waals surface area (Å²) in [6.45, 7) is 2.69. The molecule has 0 aromatic carbocycles. The highest BCUT2D eigenvalue weighted by Crippen LogP contribution is 2.03. The van der Waals surface area contributed by atoms with Crippen molar-refractivity contribution in [3.8, 4) is 23.7 Å². The van der Waals surface area contributed by atoms with Gasteiger partial charge in [0.05, 0.1) is 13.0 Å². The molecule has 158 valence electrons. The Bertz CT molecular complexity index is 694. The lowest BCUT2D eigenvalue weighted by molar-refractivity contribution is -0.147. The second-order valence-corrected chi connectivity index (χ2v) is 5.90. The first-order valence-corrected chi connectivity index (χ1v) is 9.61. The van der Waals surface area contributed by atoms with Gasteiger partial charge in [-0.1, -0.05) is 37.1 Å². The summed E-state index contributed by atoms with van der Waals surface area (Å²) in [5, 5.41) is 17.7. The maximum atomic E-state index is 11.4. The maximum Gasteiger partial charge on any atom is 0.308 e. The second-order valence-electron chi connectivity index (χ2n) is 5.90. The average molecular weight is 402 g/mol. The summed E-state index contributed by atoms with van der Waals surface area (Å²) in [5.74, 6) is 9.86. The fourth-order valence-electron chi connectivity index (χ4n) is 1.82. The Morgan fingerprint density at radius 1 is 1.10 bits per heavy atom. The minimum absolute atomic E-state index is 0.0548. The van der Waals surface area contributed by atoms with Crippen LogP contribution in [0.3, 0.4) is 0 Å². The number of ether oxygens (including phenoxy) is 2. The molecule has 0 aliphatic heterocycles. The smallest absolute Gasteiger partial charge is 0.308 e. The fraction of sp³-hybridized carbons (Fsp3) is 0.478. The molecular formula is C23H30O6. The normalized spacial score (nSPS) is 12.1. The Labute approximate surface area is 173 Å². The second kappa shape index (κ2) is 18.6. The molecule has 1 atom stereocenters. The Morgan fingerprint density at radius 2 is 1.86 bits per heavy atom. The Morgan fingerprint density at radius 3 is 2.55 bits per heavy atom. The van der Waals surface area contributed by atoms with E-state index in [9.17, 15) is 9.59 Å². The number of rotatable bonds is 12. The molecule has 2 N–H and O–H groups in total. The van der Waals surface area contributed by atoms with E-state index >= 15 is 0 Å². The van der Waals surface area contributed by atoms with E-state index in [1.54, 1.807) is 6.08 Å². The largest absolute Gasteiger partial charge is 0.463 e. The van der Waals surface area contributed by atoms with Crippen LogP contribution in [0.15, 0.2) is 36.1 Å². The topological polar surface area (TPSA) is 93.1 Å². The third-order valence-electron chi connectivity index (χ3n) is 3.20. The molecule has 0 radical (unpaired) electrons. The summed E-state index contributed by atoms with van der Waals surface area (Å²) in [5.41, 5.74) is 0. The van der Waals surface area contributed by atoms with Crippen molar-refractivity contribution >= 4 is 11.9 Å². The van der Waals surface area contributed by atoms with Gasteiger partial charge in [-0.2, -0.15) is 0 Å². The highest BCUT2D eigenvalue weighted by Gasteiger charge is 2.06. The van der Waals surface area contributed by atoms with Gasteiger partial charge in [0, 0.05) is 13.3 Å². The van der Waals surface area contributed by atoms with Gasteiger partial charge in [0.2, 0.25) is 0 Å². The number of hydrogen-bond acceptors (Lipinski definition) is 6. The van der Waals surface area contributed by atoms with Crippen molar-refractivity contribution < 1.29 is 29.3 Å². The zero-order chi connectivity index (χ0) is 21.7. The monoisotopic (exact) mass is 402 g/mol. The van der Waals surface area contributed by atoms with Crippen molar-refractivity contribution in [3.05, 3.63) is 36.1 Å². The van der Waals surface area contributed by atoms with Crippen molar-refractivity contribution in [1.29, 1.82) is 0 Å². The molecular weight excluding hydrogens is 372 g/mol. The summed E-state index contributed by atoms with van der Waals surface area (Å²) in [7, 11) is 0. The highest BCUT2D eigenvalue weighted by atomic mass is 16.5. The van der Waals surface area contributed by atoms with E-state index in [1.165, 1.54) is 6.92 Å². The SMILES string of the molecule is CC/C=C\C/C=C\CCC=C(C#CC#CCCC(=O)OC[C@@H](O)CO)OC(C)=O. The average Bonchev–Trinajstić information content (AvgIpc) is 2.69. The number of aliphatic hydroxyl groups excluding tert-OH is 2. The lowest BCUT2D eigenvalue weighted by atomic mass is 10.2. The Hall–Kier alpha value is -2.80. The van der Waals surface area contributed by atoms with E-state index in [0.29, 0.717) is 6.42 Å². The Balaban J connectivity index is 4.40. The van der Waals surface area contributed by atoms with Gasteiger partial charge in [-0.15, -0.1) is 0 Å². The molecule has 0 aliphatic rings. The van der Waals surface area contributed by atoms with Gasteiger partial charge in [0.1, 0.15) is 12.7 Å². The summed E-state index contributed by atoms with van der Waals surface area (Å²) in [6, 6.07) is 0. The van der Waals surface area contributed by atoms with Gasteiger partial charge >= 0.3 is 11.9 Å². The quantitative estimate of drug-likeness (QED) is 0.171. The van der Waals surface area contributed by atoms with Gasteiger partial charge in [-0.05, 0) is 49.5 Å².